The summed E-state index contributed by atoms with van der Waals surface area (Å²) in [7, 11) is 1.53. The lowest BCUT2D eigenvalue weighted by Crippen LogP contribution is -2.06. The first-order chi connectivity index (χ1) is 9.93. The number of benzene rings is 2. The predicted octanol–water partition coefficient (Wildman–Crippen LogP) is 4.77. The number of ether oxygens (including phenoxy) is 1. The average Bonchev–Trinajstić information content (AvgIpc) is 2.47. The molecule has 0 radical (unpaired) electrons. The molecule has 2 nitrogen and oxygen atoms in total. The molecule has 0 aliphatic rings. The Morgan fingerprint density at radius 1 is 1.14 bits per heavy atom. The van der Waals surface area contributed by atoms with Gasteiger partial charge in [-0.1, -0.05) is 6.07 Å². The number of aliphatic hydroxyl groups excluding tert-OH is 1. The molecule has 1 N–H and O–H groups in total. The van der Waals surface area contributed by atoms with Gasteiger partial charge in [-0.3, -0.25) is 0 Å². The third-order valence-corrected chi connectivity index (χ3v) is 4.33. The van der Waals surface area contributed by atoms with Gasteiger partial charge >= 0.3 is 0 Å². The van der Waals surface area contributed by atoms with Crippen LogP contribution >= 0.6 is 31.9 Å². The maximum atomic E-state index is 13.9. The van der Waals surface area contributed by atoms with Crippen LogP contribution in [0.4, 0.5) is 8.78 Å². The van der Waals surface area contributed by atoms with Crippen LogP contribution in [0.3, 0.4) is 0 Å². The highest BCUT2D eigenvalue weighted by molar-refractivity contribution is 9.10. The van der Waals surface area contributed by atoms with Gasteiger partial charge in [0.15, 0.2) is 0 Å². The van der Waals surface area contributed by atoms with Crippen LogP contribution in [-0.2, 0) is 6.42 Å². The predicted molar refractivity (Wildman–Crippen MR) is 83.4 cm³/mol. The second-order valence-electron chi connectivity index (χ2n) is 4.44. The Bertz CT molecular complexity index is 662. The van der Waals surface area contributed by atoms with Crippen LogP contribution in [0.15, 0.2) is 39.3 Å². The van der Waals surface area contributed by atoms with Crippen molar-refractivity contribution in [2.24, 2.45) is 0 Å². The fraction of sp³-hybridized carbons (Fsp3) is 0.200. The Morgan fingerprint density at radius 2 is 1.86 bits per heavy atom. The summed E-state index contributed by atoms with van der Waals surface area (Å²) in [5.74, 6) is -0.755. The van der Waals surface area contributed by atoms with E-state index in [-0.39, 0.29) is 16.5 Å². The van der Waals surface area contributed by atoms with Gasteiger partial charge in [-0.2, -0.15) is 0 Å². The Hall–Kier alpha value is -0.980. The van der Waals surface area contributed by atoms with E-state index in [1.54, 1.807) is 18.2 Å². The van der Waals surface area contributed by atoms with Gasteiger partial charge in [-0.25, -0.2) is 8.78 Å². The zero-order valence-corrected chi connectivity index (χ0v) is 14.2. The first kappa shape index (κ1) is 16.4. The molecule has 0 aliphatic heterocycles. The largest absolute Gasteiger partial charge is 0.496 e. The van der Waals surface area contributed by atoms with E-state index in [0.717, 1.165) is 0 Å². The molecule has 21 heavy (non-hydrogen) atoms. The van der Waals surface area contributed by atoms with Crippen molar-refractivity contribution in [3.05, 3.63) is 62.0 Å². The van der Waals surface area contributed by atoms with Gasteiger partial charge < -0.3 is 9.84 Å². The molecule has 0 aliphatic carbocycles. The molecule has 2 aromatic carbocycles. The van der Waals surface area contributed by atoms with E-state index < -0.39 is 17.7 Å². The number of hydrogen-bond donors (Lipinski definition) is 1. The number of aliphatic hydroxyl groups is 1. The van der Waals surface area contributed by atoms with Gasteiger partial charge in [0.05, 0.1) is 22.2 Å². The van der Waals surface area contributed by atoms with Crippen molar-refractivity contribution in [2.75, 3.05) is 7.11 Å². The van der Waals surface area contributed by atoms with Gasteiger partial charge in [-0.15, -0.1) is 0 Å². The third-order valence-electron chi connectivity index (χ3n) is 3.10. The lowest BCUT2D eigenvalue weighted by Gasteiger charge is -2.14. The zero-order chi connectivity index (χ0) is 15.6. The summed E-state index contributed by atoms with van der Waals surface area (Å²) in [5.41, 5.74) is 0.394. The summed E-state index contributed by atoms with van der Waals surface area (Å²) in [4.78, 5) is 0. The van der Waals surface area contributed by atoms with Crippen LogP contribution in [0, 0.1) is 11.6 Å². The fourth-order valence-electron chi connectivity index (χ4n) is 1.96. The first-order valence-electron chi connectivity index (χ1n) is 6.08. The smallest absolute Gasteiger partial charge is 0.143 e. The highest BCUT2D eigenvalue weighted by Gasteiger charge is 2.18. The topological polar surface area (TPSA) is 29.5 Å². The third kappa shape index (κ3) is 3.62. The molecule has 1 unspecified atom stereocenters. The van der Waals surface area contributed by atoms with E-state index in [2.05, 4.69) is 31.9 Å². The van der Waals surface area contributed by atoms with E-state index >= 15 is 0 Å². The van der Waals surface area contributed by atoms with E-state index in [4.69, 9.17) is 4.74 Å². The Morgan fingerprint density at radius 3 is 2.48 bits per heavy atom. The summed E-state index contributed by atoms with van der Waals surface area (Å²) in [6.07, 6.45) is -1.18. The molecule has 2 rings (SSSR count). The molecule has 0 aromatic heterocycles. The maximum Gasteiger partial charge on any atom is 0.143 e. The monoisotopic (exact) mass is 420 g/mol. The van der Waals surface area contributed by atoms with Crippen molar-refractivity contribution in [1.82, 2.24) is 0 Å². The SMILES string of the molecule is COc1ccc(C(O)Cc2c(F)ccc(Br)c2F)cc1Br. The van der Waals surface area contributed by atoms with Gasteiger partial charge in [0.1, 0.15) is 17.4 Å². The van der Waals surface area contributed by atoms with Crippen LogP contribution in [0.2, 0.25) is 0 Å². The summed E-state index contributed by atoms with van der Waals surface area (Å²) < 4.78 is 33.5. The van der Waals surface area contributed by atoms with E-state index in [1.807, 2.05) is 0 Å². The number of rotatable bonds is 4. The number of methoxy groups -OCH3 is 1. The van der Waals surface area contributed by atoms with Crippen molar-refractivity contribution < 1.29 is 18.6 Å². The molecule has 0 heterocycles. The van der Waals surface area contributed by atoms with E-state index in [9.17, 15) is 13.9 Å². The molecular weight excluding hydrogens is 410 g/mol. The van der Waals surface area contributed by atoms with Crippen LogP contribution < -0.4 is 4.74 Å². The molecule has 0 saturated heterocycles. The van der Waals surface area contributed by atoms with Crippen LogP contribution in [0.25, 0.3) is 0 Å². The molecule has 0 spiro atoms. The summed E-state index contributed by atoms with van der Waals surface area (Å²) in [6, 6.07) is 7.46. The fourth-order valence-corrected chi connectivity index (χ4v) is 2.89. The first-order valence-corrected chi connectivity index (χ1v) is 7.66. The van der Waals surface area contributed by atoms with Gasteiger partial charge in [0, 0.05) is 12.0 Å². The second kappa shape index (κ2) is 6.85. The molecule has 0 amide bonds. The van der Waals surface area contributed by atoms with Gasteiger partial charge in [-0.05, 0) is 61.7 Å². The number of halogens is 4. The van der Waals surface area contributed by atoms with Gasteiger partial charge in [0.25, 0.3) is 0 Å². The standard InChI is InChI=1S/C15H12Br2F2O2/c1-21-14-5-2-8(6-11(14)17)13(20)7-9-12(18)4-3-10(16)15(9)19/h2-6,13,20H,7H2,1H3. The van der Waals surface area contributed by atoms with Crippen molar-refractivity contribution in [2.45, 2.75) is 12.5 Å². The summed E-state index contributed by atoms with van der Waals surface area (Å²) in [6.45, 7) is 0. The lowest BCUT2D eigenvalue weighted by molar-refractivity contribution is 0.175. The quantitative estimate of drug-likeness (QED) is 0.720. The highest BCUT2D eigenvalue weighted by Crippen LogP contribution is 2.31. The Kier molecular flexibility index (Phi) is 5.35. The van der Waals surface area contributed by atoms with Crippen molar-refractivity contribution in [1.29, 1.82) is 0 Å². The van der Waals surface area contributed by atoms with Crippen LogP contribution in [0.1, 0.15) is 17.2 Å². The van der Waals surface area contributed by atoms with E-state index in [0.29, 0.717) is 15.8 Å². The van der Waals surface area contributed by atoms with E-state index in [1.165, 1.54) is 19.2 Å². The van der Waals surface area contributed by atoms with Crippen molar-refractivity contribution in [3.8, 4) is 5.75 Å². The molecule has 112 valence electrons. The minimum atomic E-state index is -1.02. The maximum absolute atomic E-state index is 13.9. The Labute approximate surface area is 138 Å². The average molecular weight is 422 g/mol. The molecule has 2 aromatic rings. The molecule has 6 heteroatoms. The Balaban J connectivity index is 2.28. The second-order valence-corrected chi connectivity index (χ2v) is 6.14. The number of hydrogen-bond acceptors (Lipinski definition) is 2. The minimum Gasteiger partial charge on any atom is -0.496 e. The van der Waals surface area contributed by atoms with Crippen LogP contribution in [0.5, 0.6) is 5.75 Å². The molecule has 1 atom stereocenters. The lowest BCUT2D eigenvalue weighted by atomic mass is 10.0. The van der Waals surface area contributed by atoms with Gasteiger partial charge in [0.2, 0.25) is 0 Å². The van der Waals surface area contributed by atoms with Crippen molar-refractivity contribution in [3.63, 3.8) is 0 Å². The highest BCUT2D eigenvalue weighted by atomic mass is 79.9. The minimum absolute atomic E-state index is 0.149. The normalized spacial score (nSPS) is 12.3. The molecule has 0 bridgehead atoms. The molecule has 0 fully saturated rings. The molecular formula is C15H12Br2F2O2. The summed E-state index contributed by atoms with van der Waals surface area (Å²) in [5, 5.41) is 10.2. The van der Waals surface area contributed by atoms with Crippen molar-refractivity contribution >= 4 is 31.9 Å². The zero-order valence-electron chi connectivity index (χ0n) is 11.0. The van der Waals surface area contributed by atoms with Crippen LogP contribution in [-0.4, -0.2) is 12.2 Å². The summed E-state index contributed by atoms with van der Waals surface area (Å²) >= 11 is 6.32. The molecule has 0 saturated carbocycles.